The second-order valence-corrected chi connectivity index (χ2v) is 6.06. The van der Waals surface area contributed by atoms with Crippen molar-refractivity contribution in [1.82, 2.24) is 20.9 Å². The number of nitrogens with zero attached hydrogens (tertiary/aromatic N) is 1. The van der Waals surface area contributed by atoms with Gasteiger partial charge in [-0.3, -0.25) is 29.4 Å². The lowest BCUT2D eigenvalue weighted by atomic mass is 10.1. The number of carboxylic acid groups (broad SMARTS) is 1. The number of rotatable bonds is 11. The van der Waals surface area contributed by atoms with E-state index in [1.165, 1.54) is 0 Å². The van der Waals surface area contributed by atoms with Crippen molar-refractivity contribution < 1.29 is 39.0 Å². The molecule has 0 aromatic carbocycles. The number of unbranched alkanes of at least 4 members (excludes halogenated alkanes) is 1. The Balaban J connectivity index is 5.11. The maximum atomic E-state index is 12.2. The van der Waals surface area contributed by atoms with Gasteiger partial charge < -0.3 is 26.6 Å². The normalized spacial score (nSPS) is 12.2. The first-order chi connectivity index (χ1) is 13.5. The van der Waals surface area contributed by atoms with Gasteiger partial charge in [0.15, 0.2) is 0 Å². The van der Waals surface area contributed by atoms with E-state index in [2.05, 4.69) is 10.6 Å². The Morgan fingerprint density at radius 1 is 1.07 bits per heavy atom. The summed E-state index contributed by atoms with van der Waals surface area (Å²) in [6.07, 6.45) is 0.342. The van der Waals surface area contributed by atoms with Crippen LogP contribution in [0.2, 0.25) is 0 Å². The van der Waals surface area contributed by atoms with Gasteiger partial charge in [-0.15, -0.1) is 0 Å². The van der Waals surface area contributed by atoms with Crippen molar-refractivity contribution in [3.8, 4) is 0 Å². The molecule has 0 spiro atoms. The number of hydrogen-bond acceptors (Lipinski definition) is 7. The zero-order valence-corrected chi connectivity index (χ0v) is 16.3. The number of imide groups is 2. The molecule has 0 aromatic heterocycles. The minimum Gasteiger partial charge on any atom is -0.481 e. The highest BCUT2D eigenvalue weighted by Crippen LogP contribution is 2.01. The van der Waals surface area contributed by atoms with E-state index >= 15 is 0 Å². The highest BCUT2D eigenvalue weighted by atomic mass is 16.4. The van der Waals surface area contributed by atoms with Gasteiger partial charge >= 0.3 is 18.0 Å². The van der Waals surface area contributed by atoms with Gasteiger partial charge in [0.1, 0.15) is 12.1 Å². The van der Waals surface area contributed by atoms with Gasteiger partial charge in [-0.05, 0) is 12.8 Å². The Bertz CT molecular complexity index is 639. The number of urea groups is 2. The first kappa shape index (κ1) is 25.8. The van der Waals surface area contributed by atoms with Crippen LogP contribution >= 0.6 is 0 Å². The number of carboxylic acids is 1. The second-order valence-electron chi connectivity index (χ2n) is 6.06. The van der Waals surface area contributed by atoms with Crippen LogP contribution in [0.1, 0.15) is 39.5 Å². The van der Waals surface area contributed by atoms with Gasteiger partial charge in [-0.2, -0.15) is 0 Å². The van der Waals surface area contributed by atoms with Crippen LogP contribution in [-0.2, 0) is 19.2 Å². The third kappa shape index (κ3) is 10.0. The predicted octanol–water partition coefficient (Wildman–Crippen LogP) is -1.75. The molecule has 2 atom stereocenters. The van der Waals surface area contributed by atoms with Crippen molar-refractivity contribution in [3.05, 3.63) is 0 Å². The Morgan fingerprint density at radius 3 is 2.14 bits per heavy atom. The summed E-state index contributed by atoms with van der Waals surface area (Å²) in [7, 11) is 0. The molecule has 7 amide bonds. The molecule has 0 fully saturated rings. The number of hydrogen-bond donors (Lipinski definition) is 6. The van der Waals surface area contributed by atoms with E-state index in [0.29, 0.717) is 12.8 Å². The number of carbonyl (C=O) groups excluding carboxylic acids is 5. The fraction of sp³-hybridized carbons (Fsp3) is 0.625. The molecule has 0 saturated heterocycles. The number of aliphatic hydroxyl groups excluding tert-OH is 1. The van der Waals surface area contributed by atoms with Gasteiger partial charge in [0, 0.05) is 19.9 Å². The lowest BCUT2D eigenvalue weighted by Gasteiger charge is -2.22. The lowest BCUT2D eigenvalue weighted by Crippen LogP contribution is -2.57. The SMILES string of the molecule is CCCCN(C(C)=O)C(=O)NC(=O)NC(CCC(=O)O)C(=O)NC(CO)C(N)=O. The molecule has 0 aliphatic rings. The van der Waals surface area contributed by atoms with Crippen LogP contribution in [0, 0.1) is 0 Å². The van der Waals surface area contributed by atoms with Gasteiger partial charge in [0.05, 0.1) is 6.61 Å². The summed E-state index contributed by atoms with van der Waals surface area (Å²) in [4.78, 5) is 70.6. The molecule has 7 N–H and O–H groups in total. The minimum absolute atomic E-state index is 0.0880. The molecule has 0 bridgehead atoms. The average Bonchev–Trinajstić information content (AvgIpc) is 2.62. The van der Waals surface area contributed by atoms with E-state index in [1.807, 2.05) is 12.2 Å². The van der Waals surface area contributed by atoms with Crippen molar-refractivity contribution in [2.45, 2.75) is 51.6 Å². The molecule has 0 rings (SSSR count). The second kappa shape index (κ2) is 13.0. The van der Waals surface area contributed by atoms with Gasteiger partial charge in [0.25, 0.3) is 0 Å². The van der Waals surface area contributed by atoms with Crippen molar-refractivity contribution >= 4 is 35.8 Å². The molecule has 0 heterocycles. The number of primary amides is 1. The molecule has 2 unspecified atom stereocenters. The van der Waals surface area contributed by atoms with Crippen LogP contribution < -0.4 is 21.7 Å². The lowest BCUT2D eigenvalue weighted by molar-refractivity contribution is -0.137. The molecule has 29 heavy (non-hydrogen) atoms. The van der Waals surface area contributed by atoms with E-state index in [-0.39, 0.29) is 13.0 Å². The molecule has 164 valence electrons. The molecular weight excluding hydrogens is 390 g/mol. The zero-order valence-electron chi connectivity index (χ0n) is 16.3. The standard InChI is InChI=1S/C16H27N5O8/c1-3-4-7-21(9(2)23)16(29)20-15(28)19-10(5-6-12(24)25)14(27)18-11(8-22)13(17)26/h10-11,22H,3-8H2,1-2H3,(H2,17,26)(H,18,27)(H,24,25)(H2,19,20,28,29). The smallest absolute Gasteiger partial charge is 0.332 e. The minimum atomic E-state index is -1.45. The van der Waals surface area contributed by atoms with Gasteiger partial charge in [0.2, 0.25) is 17.7 Å². The maximum absolute atomic E-state index is 12.2. The van der Waals surface area contributed by atoms with Crippen LogP contribution in [0.4, 0.5) is 9.59 Å². The third-order valence-electron chi connectivity index (χ3n) is 3.69. The number of nitrogens with one attached hydrogen (secondary N) is 3. The predicted molar refractivity (Wildman–Crippen MR) is 98.2 cm³/mol. The Morgan fingerprint density at radius 2 is 1.69 bits per heavy atom. The first-order valence-electron chi connectivity index (χ1n) is 8.85. The molecule has 13 nitrogen and oxygen atoms in total. The van der Waals surface area contributed by atoms with E-state index in [9.17, 15) is 28.8 Å². The van der Waals surface area contributed by atoms with Crippen molar-refractivity contribution in [2.75, 3.05) is 13.2 Å². The van der Waals surface area contributed by atoms with E-state index in [0.717, 1.165) is 11.8 Å². The first-order valence-corrected chi connectivity index (χ1v) is 8.85. The molecule has 0 aromatic rings. The van der Waals surface area contributed by atoms with E-state index in [1.54, 1.807) is 0 Å². The zero-order chi connectivity index (χ0) is 22.6. The molecule has 0 aliphatic carbocycles. The quantitative estimate of drug-likeness (QED) is 0.226. The molecular formula is C16H27N5O8. The summed E-state index contributed by atoms with van der Waals surface area (Å²) in [6, 6.07) is -5.05. The molecule has 0 aliphatic heterocycles. The number of nitrogens with two attached hydrogens (primary N) is 1. The summed E-state index contributed by atoms with van der Waals surface area (Å²) >= 11 is 0. The fourth-order valence-corrected chi connectivity index (χ4v) is 2.09. The summed E-state index contributed by atoms with van der Waals surface area (Å²) in [5.41, 5.74) is 5.00. The highest BCUT2D eigenvalue weighted by Gasteiger charge is 2.27. The van der Waals surface area contributed by atoms with Crippen molar-refractivity contribution in [1.29, 1.82) is 0 Å². The number of aliphatic carboxylic acids is 1. The molecule has 0 radical (unpaired) electrons. The summed E-state index contributed by atoms with van der Waals surface area (Å²) < 4.78 is 0. The van der Waals surface area contributed by atoms with Crippen LogP contribution in [-0.4, -0.2) is 76.1 Å². The number of amides is 7. The number of carbonyl (C=O) groups is 6. The van der Waals surface area contributed by atoms with E-state index < -0.39 is 60.9 Å². The topological polar surface area (TPSA) is 208 Å². The van der Waals surface area contributed by atoms with Crippen LogP contribution in [0.25, 0.3) is 0 Å². The molecule has 0 saturated carbocycles. The average molecular weight is 417 g/mol. The highest BCUT2D eigenvalue weighted by molar-refractivity contribution is 6.02. The Labute approximate surface area is 167 Å². The monoisotopic (exact) mass is 417 g/mol. The van der Waals surface area contributed by atoms with Crippen LogP contribution in [0.15, 0.2) is 0 Å². The van der Waals surface area contributed by atoms with Gasteiger partial charge in [-0.1, -0.05) is 13.3 Å². The van der Waals surface area contributed by atoms with Gasteiger partial charge in [-0.25, -0.2) is 9.59 Å². The number of aliphatic hydroxyl groups is 1. The van der Waals surface area contributed by atoms with Crippen molar-refractivity contribution in [2.24, 2.45) is 5.73 Å². The van der Waals surface area contributed by atoms with E-state index in [4.69, 9.17) is 15.9 Å². The maximum Gasteiger partial charge on any atom is 0.332 e. The Hall–Kier alpha value is -3.22. The summed E-state index contributed by atoms with van der Waals surface area (Å²) in [5, 5.41) is 23.9. The Kier molecular flexibility index (Phi) is 11.6. The molecule has 13 heteroatoms. The van der Waals surface area contributed by atoms with Crippen LogP contribution in [0.5, 0.6) is 0 Å². The van der Waals surface area contributed by atoms with Crippen molar-refractivity contribution in [3.63, 3.8) is 0 Å². The third-order valence-corrected chi connectivity index (χ3v) is 3.69. The largest absolute Gasteiger partial charge is 0.481 e. The summed E-state index contributed by atoms with van der Waals surface area (Å²) in [5.74, 6) is -3.86. The summed E-state index contributed by atoms with van der Waals surface area (Å²) in [6.45, 7) is 2.28. The fourth-order valence-electron chi connectivity index (χ4n) is 2.09. The van der Waals surface area contributed by atoms with Crippen LogP contribution in [0.3, 0.4) is 0 Å².